The van der Waals surface area contributed by atoms with Crippen molar-refractivity contribution >= 4 is 34.0 Å². The van der Waals surface area contributed by atoms with Crippen molar-refractivity contribution in [2.45, 2.75) is 33.2 Å². The number of hydrogen-bond donors (Lipinski definition) is 1. The number of anilines is 3. The highest BCUT2D eigenvalue weighted by molar-refractivity contribution is 7.15. The third-order valence-corrected chi connectivity index (χ3v) is 6.59. The molecule has 3 aromatic rings. The molecule has 8 heteroatoms. The number of aromatic nitrogens is 3. The quantitative estimate of drug-likeness (QED) is 0.692. The van der Waals surface area contributed by atoms with Crippen LogP contribution in [0.2, 0.25) is 0 Å². The molecule has 2 aliphatic rings. The van der Waals surface area contributed by atoms with Crippen molar-refractivity contribution < 1.29 is 4.79 Å². The highest BCUT2D eigenvalue weighted by Crippen LogP contribution is 2.40. The van der Waals surface area contributed by atoms with Gasteiger partial charge in [0.1, 0.15) is 0 Å². The molecular formula is C21H22N6OS. The van der Waals surface area contributed by atoms with Crippen LogP contribution >= 0.6 is 11.3 Å². The van der Waals surface area contributed by atoms with Gasteiger partial charge < -0.3 is 4.90 Å². The average Bonchev–Trinajstić information content (AvgIpc) is 3.25. The van der Waals surface area contributed by atoms with Gasteiger partial charge in [-0.2, -0.15) is 0 Å². The zero-order chi connectivity index (χ0) is 20.1. The van der Waals surface area contributed by atoms with Gasteiger partial charge in [0, 0.05) is 35.4 Å². The van der Waals surface area contributed by atoms with E-state index in [-0.39, 0.29) is 12.1 Å². The van der Waals surface area contributed by atoms with Crippen LogP contribution in [0.3, 0.4) is 0 Å². The maximum absolute atomic E-state index is 13.3. The first kappa shape index (κ1) is 18.1. The van der Waals surface area contributed by atoms with Crippen LogP contribution in [0.4, 0.5) is 21.4 Å². The first-order valence-corrected chi connectivity index (χ1v) is 10.5. The van der Waals surface area contributed by atoms with Gasteiger partial charge >= 0.3 is 6.03 Å². The van der Waals surface area contributed by atoms with Crippen LogP contribution in [0, 0.1) is 20.8 Å². The van der Waals surface area contributed by atoms with E-state index in [9.17, 15) is 4.79 Å². The molecule has 2 aliphatic heterocycles. The average molecular weight is 407 g/mol. The summed E-state index contributed by atoms with van der Waals surface area (Å²) in [4.78, 5) is 32.1. The monoisotopic (exact) mass is 406 g/mol. The van der Waals surface area contributed by atoms with E-state index >= 15 is 0 Å². The number of aryl methyl sites for hydroxylation is 3. The van der Waals surface area contributed by atoms with Crippen molar-refractivity contribution in [3.8, 4) is 11.3 Å². The zero-order valence-electron chi connectivity index (χ0n) is 16.6. The topological polar surface area (TPSA) is 74.2 Å². The fourth-order valence-electron chi connectivity index (χ4n) is 4.02. The summed E-state index contributed by atoms with van der Waals surface area (Å²) in [6.07, 6.45) is 2.72. The highest BCUT2D eigenvalue weighted by atomic mass is 32.1. The predicted molar refractivity (Wildman–Crippen MR) is 116 cm³/mol. The normalized spacial score (nSPS) is 17.4. The Morgan fingerprint density at radius 1 is 1.21 bits per heavy atom. The standard InChI is InChI=1S/C21H22N6OS/c1-12-10-15(6-8-22-12)17-4-5-18-19(24-17)27(16-7-9-26(18)11-16)21(28)25-20-23-13(2)14(3)29-20/h4-6,8,10,16H,7,9,11H2,1-3H3,(H,23,25,28)/t16-/m0/s1. The molecular weight excluding hydrogens is 384 g/mol. The smallest absolute Gasteiger partial charge is 0.329 e. The second-order valence-electron chi connectivity index (χ2n) is 7.57. The number of thiazole rings is 1. The van der Waals surface area contributed by atoms with Crippen LogP contribution in [0.5, 0.6) is 0 Å². The number of amides is 2. The molecule has 0 spiro atoms. The Bertz CT molecular complexity index is 1090. The lowest BCUT2D eigenvalue weighted by Gasteiger charge is -2.35. The number of urea groups is 1. The van der Waals surface area contributed by atoms with Crippen LogP contribution in [-0.4, -0.2) is 40.1 Å². The summed E-state index contributed by atoms with van der Waals surface area (Å²) in [5.41, 5.74) is 4.74. The van der Waals surface area contributed by atoms with Gasteiger partial charge in [-0.1, -0.05) is 0 Å². The number of rotatable bonds is 2. The van der Waals surface area contributed by atoms with Crippen LogP contribution in [0.15, 0.2) is 30.5 Å². The van der Waals surface area contributed by atoms with E-state index < -0.39 is 0 Å². The molecule has 0 aliphatic carbocycles. The van der Waals surface area contributed by atoms with Crippen molar-refractivity contribution in [3.05, 3.63) is 46.7 Å². The van der Waals surface area contributed by atoms with Crippen LogP contribution in [0.25, 0.3) is 11.3 Å². The second-order valence-corrected chi connectivity index (χ2v) is 8.78. The van der Waals surface area contributed by atoms with E-state index in [0.29, 0.717) is 10.9 Å². The van der Waals surface area contributed by atoms with Crippen LogP contribution in [0.1, 0.15) is 22.7 Å². The fraction of sp³-hybridized carbons (Fsp3) is 0.333. The minimum Gasteiger partial charge on any atom is -0.366 e. The van der Waals surface area contributed by atoms with Crippen molar-refractivity contribution in [1.82, 2.24) is 15.0 Å². The molecule has 0 saturated carbocycles. The molecule has 2 bridgehead atoms. The summed E-state index contributed by atoms with van der Waals surface area (Å²) in [5, 5.41) is 3.62. The molecule has 1 fully saturated rings. The molecule has 0 unspecified atom stereocenters. The van der Waals surface area contributed by atoms with E-state index in [1.165, 1.54) is 11.3 Å². The zero-order valence-corrected chi connectivity index (χ0v) is 17.5. The van der Waals surface area contributed by atoms with Gasteiger partial charge in [-0.05, 0) is 51.5 Å². The lowest BCUT2D eigenvalue weighted by Crippen LogP contribution is -2.48. The van der Waals surface area contributed by atoms with Crippen LogP contribution < -0.4 is 15.1 Å². The predicted octanol–water partition coefficient (Wildman–Crippen LogP) is 4.16. The number of hydrogen-bond acceptors (Lipinski definition) is 6. The van der Waals surface area contributed by atoms with Crippen molar-refractivity contribution in [1.29, 1.82) is 0 Å². The Balaban J connectivity index is 1.53. The van der Waals surface area contributed by atoms with Gasteiger partial charge in [0.15, 0.2) is 10.9 Å². The number of carbonyl (C=O) groups excluding carboxylic acids is 1. The molecule has 29 heavy (non-hydrogen) atoms. The molecule has 148 valence electrons. The Labute approximate surface area is 173 Å². The molecule has 0 radical (unpaired) electrons. The second kappa shape index (κ2) is 6.81. The fourth-order valence-corrected chi connectivity index (χ4v) is 4.82. The molecule has 5 rings (SSSR count). The first-order chi connectivity index (χ1) is 14.0. The van der Waals surface area contributed by atoms with Gasteiger partial charge in [0.05, 0.1) is 23.1 Å². The third-order valence-electron chi connectivity index (χ3n) is 5.61. The van der Waals surface area contributed by atoms with E-state index in [0.717, 1.165) is 52.7 Å². The van der Waals surface area contributed by atoms with Gasteiger partial charge in [-0.3, -0.25) is 15.2 Å². The summed E-state index contributed by atoms with van der Waals surface area (Å²) in [6.45, 7) is 7.71. The maximum atomic E-state index is 13.3. The number of pyridine rings is 2. The Morgan fingerprint density at radius 2 is 2.07 bits per heavy atom. The minimum absolute atomic E-state index is 0.117. The molecule has 1 N–H and O–H groups in total. The summed E-state index contributed by atoms with van der Waals surface area (Å²) in [6, 6.07) is 8.01. The third kappa shape index (κ3) is 3.13. The maximum Gasteiger partial charge on any atom is 0.329 e. The summed E-state index contributed by atoms with van der Waals surface area (Å²) in [5.74, 6) is 0.716. The van der Waals surface area contributed by atoms with E-state index in [2.05, 4.69) is 26.3 Å². The molecule has 1 saturated heterocycles. The Morgan fingerprint density at radius 3 is 2.83 bits per heavy atom. The summed E-state index contributed by atoms with van der Waals surface area (Å²) in [7, 11) is 0. The largest absolute Gasteiger partial charge is 0.366 e. The number of nitrogens with one attached hydrogen (secondary N) is 1. The molecule has 0 aromatic carbocycles. The van der Waals surface area contributed by atoms with E-state index in [1.54, 1.807) is 6.20 Å². The van der Waals surface area contributed by atoms with Crippen LogP contribution in [-0.2, 0) is 0 Å². The molecule has 7 nitrogen and oxygen atoms in total. The number of nitrogens with zero attached hydrogens (tertiary/aromatic N) is 5. The van der Waals surface area contributed by atoms with Crippen molar-refractivity contribution in [3.63, 3.8) is 0 Å². The summed E-state index contributed by atoms with van der Waals surface area (Å²) >= 11 is 1.50. The lowest BCUT2D eigenvalue weighted by atomic mass is 10.1. The Hall–Kier alpha value is -3.00. The molecule has 5 heterocycles. The Kier molecular flexibility index (Phi) is 4.24. The number of fused-ring (bicyclic) bond motifs is 4. The molecule has 2 amide bonds. The van der Waals surface area contributed by atoms with Gasteiger partial charge in [0.2, 0.25) is 0 Å². The minimum atomic E-state index is -0.165. The lowest BCUT2D eigenvalue weighted by molar-refractivity contribution is 0.255. The number of carbonyl (C=O) groups is 1. The van der Waals surface area contributed by atoms with E-state index in [1.807, 2.05) is 43.9 Å². The van der Waals surface area contributed by atoms with Gasteiger partial charge in [0.25, 0.3) is 0 Å². The highest BCUT2D eigenvalue weighted by Gasteiger charge is 2.40. The molecule has 1 atom stereocenters. The van der Waals surface area contributed by atoms with Gasteiger partial charge in [-0.25, -0.2) is 14.8 Å². The van der Waals surface area contributed by atoms with Crippen molar-refractivity contribution in [2.75, 3.05) is 28.2 Å². The van der Waals surface area contributed by atoms with Gasteiger partial charge in [-0.15, -0.1) is 11.3 Å². The first-order valence-electron chi connectivity index (χ1n) is 9.73. The molecule has 3 aromatic heterocycles. The van der Waals surface area contributed by atoms with Crippen molar-refractivity contribution in [2.24, 2.45) is 0 Å². The SMILES string of the molecule is Cc1cc(-c2ccc3c(n2)N(C(=O)Nc2nc(C)c(C)s2)[C@H]2CCN3C2)ccn1. The summed E-state index contributed by atoms with van der Waals surface area (Å²) < 4.78 is 0. The van der Waals surface area contributed by atoms with E-state index in [4.69, 9.17) is 4.98 Å².